The Kier molecular flexibility index (Phi) is 9.43. The van der Waals surface area contributed by atoms with Gasteiger partial charge in [-0.25, -0.2) is 9.59 Å². The highest BCUT2D eigenvalue weighted by molar-refractivity contribution is 9.11. The molecule has 3 aliphatic heterocycles. The SMILES string of the molecule is CC1CCN(C(=O)[C@@H](Cc2cc(Br)c(O)c(Br)c2)OC(=O)N2CCC(N3CCc4ccccc4NC3=O)CC2)CC1. The van der Waals surface area contributed by atoms with Crippen molar-refractivity contribution in [1.29, 1.82) is 0 Å². The normalized spacial score (nSPS) is 19.3. The second-order valence-corrected chi connectivity index (χ2v) is 12.9. The van der Waals surface area contributed by atoms with Gasteiger partial charge in [0.2, 0.25) is 0 Å². The molecule has 3 aliphatic rings. The van der Waals surface area contributed by atoms with E-state index in [2.05, 4.69) is 44.1 Å². The van der Waals surface area contributed by atoms with Crippen molar-refractivity contribution >= 4 is 55.6 Å². The maximum Gasteiger partial charge on any atom is 0.410 e. The number of phenols is 1. The lowest BCUT2D eigenvalue weighted by Crippen LogP contribution is -2.51. The van der Waals surface area contributed by atoms with Gasteiger partial charge in [-0.1, -0.05) is 25.1 Å². The first-order valence-corrected chi connectivity index (χ1v) is 15.8. The molecular formula is C30H36Br2N4O5. The quantitative estimate of drug-likeness (QED) is 0.414. The topological polar surface area (TPSA) is 102 Å². The molecule has 0 aromatic heterocycles. The maximum atomic E-state index is 13.6. The van der Waals surface area contributed by atoms with Gasteiger partial charge in [0, 0.05) is 50.9 Å². The van der Waals surface area contributed by atoms with Crippen LogP contribution >= 0.6 is 31.9 Å². The van der Waals surface area contributed by atoms with Gasteiger partial charge in [-0.2, -0.15) is 0 Å². The molecule has 0 spiro atoms. The van der Waals surface area contributed by atoms with Crippen LogP contribution in [0.15, 0.2) is 45.3 Å². The van der Waals surface area contributed by atoms with Gasteiger partial charge in [-0.15, -0.1) is 0 Å². The molecule has 2 aromatic rings. The Hall–Kier alpha value is -2.79. The molecule has 0 radical (unpaired) electrons. The molecule has 2 fully saturated rings. The molecule has 0 unspecified atom stereocenters. The lowest BCUT2D eigenvalue weighted by Gasteiger charge is -2.38. The van der Waals surface area contributed by atoms with Crippen molar-refractivity contribution in [3.8, 4) is 5.75 Å². The number of anilines is 1. The van der Waals surface area contributed by atoms with Crippen LogP contribution in [0.3, 0.4) is 0 Å². The van der Waals surface area contributed by atoms with Crippen LogP contribution in [-0.4, -0.2) is 82.7 Å². The number of hydrogen-bond donors (Lipinski definition) is 2. The van der Waals surface area contributed by atoms with Gasteiger partial charge in [0.1, 0.15) is 5.75 Å². The van der Waals surface area contributed by atoms with Gasteiger partial charge >= 0.3 is 12.1 Å². The number of urea groups is 1. The molecular weight excluding hydrogens is 656 g/mol. The number of para-hydroxylation sites is 1. The van der Waals surface area contributed by atoms with Gasteiger partial charge in [-0.05, 0) is 99.2 Å². The first-order chi connectivity index (χ1) is 19.7. The number of carbonyl (C=O) groups excluding carboxylic acids is 3. The van der Waals surface area contributed by atoms with E-state index in [1.54, 1.807) is 21.9 Å². The van der Waals surface area contributed by atoms with E-state index in [0.717, 1.165) is 36.1 Å². The van der Waals surface area contributed by atoms with Crippen molar-refractivity contribution in [3.05, 3.63) is 56.5 Å². The lowest BCUT2D eigenvalue weighted by molar-refractivity contribution is -0.142. The maximum absolute atomic E-state index is 13.6. The summed E-state index contributed by atoms with van der Waals surface area (Å²) in [7, 11) is 0. The van der Waals surface area contributed by atoms with Crippen molar-refractivity contribution in [3.63, 3.8) is 0 Å². The van der Waals surface area contributed by atoms with Crippen LogP contribution in [0, 0.1) is 5.92 Å². The highest BCUT2D eigenvalue weighted by Crippen LogP contribution is 2.34. The third-order valence-electron chi connectivity index (χ3n) is 8.42. The number of benzene rings is 2. The number of aromatic hydroxyl groups is 1. The highest BCUT2D eigenvalue weighted by atomic mass is 79.9. The first kappa shape index (κ1) is 29.7. The third kappa shape index (κ3) is 6.99. The van der Waals surface area contributed by atoms with E-state index in [1.165, 1.54) is 0 Å². The molecule has 3 heterocycles. The number of carbonyl (C=O) groups is 3. The Labute approximate surface area is 257 Å². The number of fused-ring (bicyclic) bond motifs is 1. The van der Waals surface area contributed by atoms with E-state index >= 15 is 0 Å². The van der Waals surface area contributed by atoms with Crippen molar-refractivity contribution in [1.82, 2.24) is 14.7 Å². The number of phenolic OH excluding ortho intramolecular Hbond substituents is 1. The summed E-state index contributed by atoms with van der Waals surface area (Å²) in [5.41, 5.74) is 2.73. The Morgan fingerprint density at radius 1 is 1.00 bits per heavy atom. The Bertz CT molecular complexity index is 1270. The third-order valence-corrected chi connectivity index (χ3v) is 9.63. The average Bonchev–Trinajstić information content (AvgIpc) is 3.13. The fourth-order valence-electron chi connectivity index (χ4n) is 5.86. The van der Waals surface area contributed by atoms with Crippen LogP contribution in [-0.2, 0) is 22.4 Å². The number of piperidine rings is 2. The predicted octanol–water partition coefficient (Wildman–Crippen LogP) is 5.78. The van der Waals surface area contributed by atoms with Gasteiger partial charge in [0.15, 0.2) is 6.10 Å². The Balaban J connectivity index is 1.23. The number of halogens is 2. The summed E-state index contributed by atoms with van der Waals surface area (Å²) in [6.07, 6.45) is 2.59. The van der Waals surface area contributed by atoms with Crippen molar-refractivity contribution in [2.75, 3.05) is 38.0 Å². The van der Waals surface area contributed by atoms with E-state index < -0.39 is 12.2 Å². The molecule has 9 nitrogen and oxygen atoms in total. The molecule has 0 aliphatic carbocycles. The van der Waals surface area contributed by atoms with Crippen LogP contribution in [0.2, 0.25) is 0 Å². The molecule has 1 atom stereocenters. The van der Waals surface area contributed by atoms with Gasteiger partial charge in [0.25, 0.3) is 5.91 Å². The van der Waals surface area contributed by atoms with Crippen molar-refractivity contribution in [2.24, 2.45) is 5.92 Å². The largest absolute Gasteiger partial charge is 0.506 e. The molecule has 0 bridgehead atoms. The smallest absolute Gasteiger partial charge is 0.410 e. The second kappa shape index (κ2) is 13.0. The molecule has 2 saturated heterocycles. The molecule has 5 rings (SSSR count). The highest BCUT2D eigenvalue weighted by Gasteiger charge is 2.35. The summed E-state index contributed by atoms with van der Waals surface area (Å²) < 4.78 is 6.91. The predicted molar refractivity (Wildman–Crippen MR) is 163 cm³/mol. The van der Waals surface area contributed by atoms with E-state index in [1.807, 2.05) is 29.2 Å². The monoisotopic (exact) mass is 690 g/mol. The number of nitrogens with one attached hydrogen (secondary N) is 1. The van der Waals surface area contributed by atoms with Crippen LogP contribution in [0.4, 0.5) is 15.3 Å². The van der Waals surface area contributed by atoms with Crippen molar-refractivity contribution < 1.29 is 24.2 Å². The van der Waals surface area contributed by atoms with E-state index in [0.29, 0.717) is 60.4 Å². The van der Waals surface area contributed by atoms with E-state index in [4.69, 9.17) is 4.74 Å². The van der Waals surface area contributed by atoms with Gasteiger partial charge in [0.05, 0.1) is 8.95 Å². The Morgan fingerprint density at radius 2 is 1.63 bits per heavy atom. The number of ether oxygens (including phenoxy) is 1. The second-order valence-electron chi connectivity index (χ2n) is 11.2. The van der Waals surface area contributed by atoms with Crippen LogP contribution < -0.4 is 5.32 Å². The minimum Gasteiger partial charge on any atom is -0.506 e. The van der Waals surface area contributed by atoms with E-state index in [-0.39, 0.29) is 30.2 Å². The van der Waals surface area contributed by atoms with Crippen LogP contribution in [0.1, 0.15) is 43.7 Å². The molecule has 220 valence electrons. The Morgan fingerprint density at radius 3 is 2.32 bits per heavy atom. The zero-order valence-corrected chi connectivity index (χ0v) is 26.3. The minimum absolute atomic E-state index is 0.0211. The fourth-order valence-corrected chi connectivity index (χ4v) is 7.14. The van der Waals surface area contributed by atoms with Gasteiger partial charge in [-0.3, -0.25) is 4.79 Å². The molecule has 2 aromatic carbocycles. The number of hydrogen-bond acceptors (Lipinski definition) is 5. The number of nitrogens with zero attached hydrogens (tertiary/aromatic N) is 3. The lowest BCUT2D eigenvalue weighted by atomic mass is 9.98. The molecule has 41 heavy (non-hydrogen) atoms. The van der Waals surface area contributed by atoms with E-state index in [9.17, 15) is 19.5 Å². The first-order valence-electron chi connectivity index (χ1n) is 14.3. The number of likely N-dealkylation sites (tertiary alicyclic amines) is 2. The summed E-state index contributed by atoms with van der Waals surface area (Å²) in [5.74, 6) is 0.440. The summed E-state index contributed by atoms with van der Waals surface area (Å²) in [6.45, 7) is 4.98. The van der Waals surface area contributed by atoms with Crippen LogP contribution in [0.5, 0.6) is 5.75 Å². The zero-order valence-electron chi connectivity index (χ0n) is 23.2. The molecule has 4 amide bonds. The van der Waals surface area contributed by atoms with Crippen molar-refractivity contribution in [2.45, 2.75) is 57.6 Å². The summed E-state index contributed by atoms with van der Waals surface area (Å²) in [5, 5.41) is 13.2. The summed E-state index contributed by atoms with van der Waals surface area (Å²) in [4.78, 5) is 45.2. The number of rotatable bonds is 5. The average molecular weight is 692 g/mol. The molecule has 2 N–H and O–H groups in total. The standard InChI is InChI=1S/C30H36Br2N4O5/c1-19-6-11-34(12-7-19)28(38)26(18-20-16-23(31)27(37)24(32)17-20)41-30(40)35-13-9-22(10-14-35)36-15-8-21-4-2-3-5-25(21)33-29(36)39/h2-5,16-17,19,22,26,37H,6-15,18H2,1H3,(H,33,39)/t26-/m1/s1. The summed E-state index contributed by atoms with van der Waals surface area (Å²) in [6, 6.07) is 11.3. The molecule has 0 saturated carbocycles. The van der Waals surface area contributed by atoms with Gasteiger partial charge < -0.3 is 29.9 Å². The fraction of sp³-hybridized carbons (Fsp3) is 0.500. The number of amides is 4. The molecule has 11 heteroatoms. The summed E-state index contributed by atoms with van der Waals surface area (Å²) >= 11 is 6.71. The minimum atomic E-state index is -0.980. The zero-order chi connectivity index (χ0) is 29.1. The van der Waals surface area contributed by atoms with Crippen LogP contribution in [0.25, 0.3) is 0 Å².